The Bertz CT molecular complexity index is 1430. The monoisotopic (exact) mass is 845 g/mol. The number of hydrogen-bond acceptors (Lipinski definition) is 5. The lowest BCUT2D eigenvalue weighted by Crippen LogP contribution is -2.40. The van der Waals surface area contributed by atoms with E-state index in [0.29, 0.717) is 5.92 Å². The summed E-state index contributed by atoms with van der Waals surface area (Å²) in [6, 6.07) is 25.1. The van der Waals surface area contributed by atoms with E-state index in [9.17, 15) is 9.90 Å². The third-order valence-corrected chi connectivity index (χ3v) is 12.6. The summed E-state index contributed by atoms with van der Waals surface area (Å²) in [5.41, 5.74) is 7.65. The quantitative estimate of drug-likeness (QED) is 0.127. The van der Waals surface area contributed by atoms with Gasteiger partial charge in [0.1, 0.15) is 12.2 Å². The van der Waals surface area contributed by atoms with Gasteiger partial charge >= 0.3 is 5.97 Å². The molecule has 3 aromatic rings. The predicted octanol–water partition coefficient (Wildman–Crippen LogP) is 16.1. The molecule has 6 rings (SSSR count). The topological polar surface area (TPSA) is 76.0 Å². The number of esters is 1. The molecule has 0 aliphatic heterocycles. The van der Waals surface area contributed by atoms with Crippen molar-refractivity contribution in [2.75, 3.05) is 0 Å². The van der Waals surface area contributed by atoms with Gasteiger partial charge in [-0.15, -0.1) is 0 Å². The van der Waals surface area contributed by atoms with Crippen LogP contribution in [0.5, 0.6) is 0 Å². The Morgan fingerprint density at radius 3 is 1.41 bits per heavy atom. The number of ether oxygens (including phenoxy) is 1. The fourth-order valence-corrected chi connectivity index (χ4v) is 8.29. The second-order valence-corrected chi connectivity index (χ2v) is 18.9. The fraction of sp³-hybridized carbons (Fsp3) is 0.661. The van der Waals surface area contributed by atoms with E-state index in [0.717, 1.165) is 61.3 Å². The first kappa shape index (κ1) is 56.0. The standard InChI is InChI=1S/C11H20O3.C10H20.C10H14.C9H12O2.C8H16.C8H10/c1-3-5-9-6-4-7-10(11(9)13)14-8(2)12;2*1-3-4-10-7-5-9(2)6-8-10;1-7-3-5-9(6-4-7)8(2)11-10;2*1-7-3-5-8(2)6-4-7/h9-11,13H,3-7H2,1-2H3;9-10H,3-8H2,1-2H3;5-8H,3-4H2,1-2H3;3-6,8,10H,1-2H3;7-8H,3-6H2,1-2H3;3-6H,1-2H3. The van der Waals surface area contributed by atoms with Crippen molar-refractivity contribution in [1.29, 1.82) is 0 Å². The lowest BCUT2D eigenvalue weighted by molar-refractivity contribution is -0.277. The molecule has 3 aromatic carbocycles. The molecule has 3 saturated carbocycles. The number of carbonyl (C=O) groups is 1. The van der Waals surface area contributed by atoms with Crippen LogP contribution in [-0.4, -0.2) is 28.5 Å². The molecule has 0 saturated heterocycles. The first-order valence-corrected chi connectivity index (χ1v) is 24.4. The zero-order chi connectivity index (χ0) is 45.6. The van der Waals surface area contributed by atoms with Crippen molar-refractivity contribution in [3.05, 3.63) is 106 Å². The summed E-state index contributed by atoms with van der Waals surface area (Å²) in [5, 5.41) is 18.3. The molecule has 3 fully saturated rings. The van der Waals surface area contributed by atoms with Crippen molar-refractivity contribution < 1.29 is 24.8 Å². The largest absolute Gasteiger partial charge is 0.460 e. The summed E-state index contributed by atoms with van der Waals surface area (Å²) in [5.74, 6) is 4.18. The van der Waals surface area contributed by atoms with Gasteiger partial charge in [-0.2, -0.15) is 0 Å². The molecule has 4 unspecified atom stereocenters. The zero-order valence-electron chi connectivity index (χ0n) is 41.2. The molecule has 0 radical (unpaired) electrons. The van der Waals surface area contributed by atoms with Crippen molar-refractivity contribution in [2.45, 2.75) is 211 Å². The number of rotatable bonds is 9. The maximum Gasteiger partial charge on any atom is 0.302 e. The molecule has 4 atom stereocenters. The van der Waals surface area contributed by atoms with Gasteiger partial charge in [0.2, 0.25) is 0 Å². The van der Waals surface area contributed by atoms with Gasteiger partial charge in [-0.3, -0.25) is 10.1 Å². The van der Waals surface area contributed by atoms with E-state index >= 15 is 0 Å². The summed E-state index contributed by atoms with van der Waals surface area (Å²) < 4.78 is 5.09. The molecule has 0 heterocycles. The number of carbonyl (C=O) groups excluding carboxylic acids is 1. The third kappa shape index (κ3) is 26.9. The van der Waals surface area contributed by atoms with Gasteiger partial charge < -0.3 is 9.84 Å². The first-order chi connectivity index (χ1) is 29.1. The van der Waals surface area contributed by atoms with E-state index in [2.05, 4.69) is 116 Å². The highest BCUT2D eigenvalue weighted by Crippen LogP contribution is 2.31. The van der Waals surface area contributed by atoms with E-state index in [4.69, 9.17) is 9.99 Å². The summed E-state index contributed by atoms with van der Waals surface area (Å²) in [7, 11) is 0. The number of aliphatic hydroxyl groups is 1. The molecule has 5 heteroatoms. The van der Waals surface area contributed by atoms with E-state index in [1.54, 1.807) is 6.92 Å². The summed E-state index contributed by atoms with van der Waals surface area (Å²) in [4.78, 5) is 15.0. The molecule has 0 aromatic heterocycles. The molecule has 0 amide bonds. The van der Waals surface area contributed by atoms with Crippen LogP contribution in [0, 0.1) is 57.3 Å². The molecule has 0 bridgehead atoms. The lowest BCUT2D eigenvalue weighted by atomic mass is 9.81. The smallest absolute Gasteiger partial charge is 0.302 e. The van der Waals surface area contributed by atoms with Crippen molar-refractivity contribution in [3.8, 4) is 0 Å². The maximum atomic E-state index is 10.8. The number of aryl methyl sites for hydroxylation is 5. The normalized spacial score (nSPS) is 23.5. The second-order valence-electron chi connectivity index (χ2n) is 18.9. The van der Waals surface area contributed by atoms with Gasteiger partial charge in [-0.05, 0) is 107 Å². The van der Waals surface area contributed by atoms with Gasteiger partial charge in [0.05, 0.1) is 6.10 Å². The Labute approximate surface area is 375 Å². The molecular weight excluding hydrogens is 753 g/mol. The zero-order valence-corrected chi connectivity index (χ0v) is 41.2. The van der Waals surface area contributed by atoms with Crippen LogP contribution in [0.2, 0.25) is 0 Å². The van der Waals surface area contributed by atoms with Crippen LogP contribution >= 0.6 is 0 Å². The minimum Gasteiger partial charge on any atom is -0.460 e. The van der Waals surface area contributed by atoms with Crippen LogP contribution in [0.25, 0.3) is 0 Å². The van der Waals surface area contributed by atoms with Gasteiger partial charge in [-0.25, -0.2) is 4.89 Å². The van der Waals surface area contributed by atoms with Crippen LogP contribution in [0.4, 0.5) is 0 Å². The molecule has 3 aliphatic rings. The Morgan fingerprint density at radius 2 is 1.02 bits per heavy atom. The predicted molar refractivity (Wildman–Crippen MR) is 261 cm³/mol. The molecule has 3 aliphatic carbocycles. The molecule has 0 spiro atoms. The average molecular weight is 845 g/mol. The van der Waals surface area contributed by atoms with Crippen molar-refractivity contribution in [3.63, 3.8) is 0 Å². The highest BCUT2D eigenvalue weighted by Gasteiger charge is 2.33. The molecule has 346 valence electrons. The fourth-order valence-electron chi connectivity index (χ4n) is 8.29. The van der Waals surface area contributed by atoms with Crippen LogP contribution in [0.1, 0.15) is 198 Å². The summed E-state index contributed by atoms with van der Waals surface area (Å²) in [6.07, 6.45) is 21.3. The Kier molecular flexibility index (Phi) is 30.8. The maximum absolute atomic E-state index is 10.8. The first-order valence-electron chi connectivity index (χ1n) is 24.4. The van der Waals surface area contributed by atoms with E-state index in [1.807, 2.05) is 31.2 Å². The average Bonchev–Trinajstić information content (AvgIpc) is 3.24. The molecule has 61 heavy (non-hydrogen) atoms. The third-order valence-electron chi connectivity index (χ3n) is 12.6. The summed E-state index contributed by atoms with van der Waals surface area (Å²) in [6.45, 7) is 25.3. The minimum absolute atomic E-state index is 0.240. The minimum atomic E-state index is -0.451. The van der Waals surface area contributed by atoms with Crippen molar-refractivity contribution in [1.82, 2.24) is 0 Å². The van der Waals surface area contributed by atoms with Gasteiger partial charge in [0, 0.05) is 6.92 Å². The highest BCUT2D eigenvalue weighted by atomic mass is 17.1. The Hall–Kier alpha value is -2.99. The molecule has 2 N–H and O–H groups in total. The van der Waals surface area contributed by atoms with Crippen LogP contribution in [0.15, 0.2) is 72.8 Å². The van der Waals surface area contributed by atoms with Gasteiger partial charge in [0.15, 0.2) is 0 Å². The van der Waals surface area contributed by atoms with Crippen molar-refractivity contribution in [2.24, 2.45) is 29.6 Å². The Morgan fingerprint density at radius 1 is 0.607 bits per heavy atom. The van der Waals surface area contributed by atoms with E-state index in [-0.39, 0.29) is 18.2 Å². The summed E-state index contributed by atoms with van der Waals surface area (Å²) >= 11 is 0. The van der Waals surface area contributed by atoms with Gasteiger partial charge in [-0.1, -0.05) is 214 Å². The van der Waals surface area contributed by atoms with Crippen LogP contribution in [0.3, 0.4) is 0 Å². The Balaban J connectivity index is 0.000000370. The molecular formula is C56H92O5. The van der Waals surface area contributed by atoms with Crippen LogP contribution < -0.4 is 0 Å². The lowest BCUT2D eigenvalue weighted by Gasteiger charge is -2.33. The van der Waals surface area contributed by atoms with Crippen LogP contribution in [-0.2, 0) is 20.8 Å². The van der Waals surface area contributed by atoms with Crippen molar-refractivity contribution >= 4 is 5.97 Å². The second kappa shape index (κ2) is 33.6. The van der Waals surface area contributed by atoms with E-state index < -0.39 is 6.10 Å². The number of benzene rings is 3. The van der Waals surface area contributed by atoms with Gasteiger partial charge in [0.25, 0.3) is 0 Å². The highest BCUT2D eigenvalue weighted by molar-refractivity contribution is 5.66. The number of hydrogen-bond donors (Lipinski definition) is 2. The SMILES string of the molecule is CC1CCC(C)CC1.CCCC1CCC(C)CC1.CCCC1CCCC(OC(C)=O)C1O.CCCc1ccc(C)cc1.Cc1ccc(C(C)OO)cc1.Cc1ccc(C)cc1. The van der Waals surface area contributed by atoms with E-state index in [1.165, 1.54) is 112 Å². The number of aliphatic hydroxyl groups excluding tert-OH is 1. The molecule has 5 nitrogen and oxygen atoms in total.